The number of ether oxygens (including phenoxy) is 1. The van der Waals surface area contributed by atoms with E-state index in [-0.39, 0.29) is 0 Å². The average molecular weight is 491 g/mol. The SMILES string of the molecule is COC(=O)c1sc2cc(NC(=S)Nc3nn(Cc4ccccc4)cc3Cl)ccc2c1Cl. The molecule has 31 heavy (non-hydrogen) atoms. The Morgan fingerprint density at radius 1 is 1.19 bits per heavy atom. The zero-order valence-corrected chi connectivity index (χ0v) is 19.3. The Bertz CT molecular complexity index is 1270. The first-order valence-corrected chi connectivity index (χ1v) is 11.1. The quantitative estimate of drug-likeness (QED) is 0.262. The van der Waals surface area contributed by atoms with Gasteiger partial charge in [-0.15, -0.1) is 11.3 Å². The third kappa shape index (κ3) is 4.83. The zero-order valence-electron chi connectivity index (χ0n) is 16.2. The van der Waals surface area contributed by atoms with Crippen molar-refractivity contribution >= 4 is 79.4 Å². The van der Waals surface area contributed by atoms with Crippen molar-refractivity contribution in [2.45, 2.75) is 6.54 Å². The number of carbonyl (C=O) groups is 1. The molecule has 4 aromatic rings. The summed E-state index contributed by atoms with van der Waals surface area (Å²) in [4.78, 5) is 12.2. The van der Waals surface area contributed by atoms with Crippen LogP contribution in [0.4, 0.5) is 11.5 Å². The fourth-order valence-electron chi connectivity index (χ4n) is 2.97. The number of carbonyl (C=O) groups excluding carboxylic acids is 1. The number of benzene rings is 2. The molecule has 0 saturated heterocycles. The lowest BCUT2D eigenvalue weighted by Gasteiger charge is -2.09. The largest absolute Gasteiger partial charge is 0.465 e. The number of methoxy groups -OCH3 is 1. The van der Waals surface area contributed by atoms with Crippen LogP contribution in [0.2, 0.25) is 10.0 Å². The summed E-state index contributed by atoms with van der Waals surface area (Å²) in [6.07, 6.45) is 1.74. The van der Waals surface area contributed by atoms with E-state index in [0.29, 0.717) is 32.4 Å². The first-order valence-electron chi connectivity index (χ1n) is 9.10. The summed E-state index contributed by atoms with van der Waals surface area (Å²) in [6, 6.07) is 15.5. The van der Waals surface area contributed by atoms with Gasteiger partial charge in [-0.1, -0.05) is 53.5 Å². The molecule has 0 aliphatic carbocycles. The van der Waals surface area contributed by atoms with Gasteiger partial charge in [-0.05, 0) is 36.0 Å². The summed E-state index contributed by atoms with van der Waals surface area (Å²) in [5, 5.41) is 12.5. The Morgan fingerprint density at radius 2 is 1.97 bits per heavy atom. The molecule has 0 radical (unpaired) electrons. The molecule has 6 nitrogen and oxygen atoms in total. The first kappa shape index (κ1) is 21.6. The maximum Gasteiger partial charge on any atom is 0.349 e. The van der Waals surface area contributed by atoms with Gasteiger partial charge in [0.2, 0.25) is 0 Å². The number of thiocarbonyl (C=S) groups is 1. The van der Waals surface area contributed by atoms with Crippen LogP contribution in [0.5, 0.6) is 0 Å². The standard InChI is InChI=1S/C21H16Cl2N4O2S2/c1-29-20(28)18-17(23)14-8-7-13(9-16(14)31-18)24-21(30)25-19-15(22)11-27(26-19)10-12-5-3-2-4-6-12/h2-9,11H,10H2,1H3,(H2,24,25,26,30). The predicted octanol–water partition coefficient (Wildman–Crippen LogP) is 6.05. The molecule has 0 fully saturated rings. The number of hydrogen-bond donors (Lipinski definition) is 2. The van der Waals surface area contributed by atoms with Crippen molar-refractivity contribution in [1.29, 1.82) is 0 Å². The lowest BCUT2D eigenvalue weighted by atomic mass is 10.2. The van der Waals surface area contributed by atoms with Crippen LogP contribution in [-0.4, -0.2) is 28.0 Å². The van der Waals surface area contributed by atoms with E-state index >= 15 is 0 Å². The van der Waals surface area contributed by atoms with E-state index in [2.05, 4.69) is 15.7 Å². The number of esters is 1. The van der Waals surface area contributed by atoms with E-state index in [1.54, 1.807) is 10.9 Å². The first-order chi connectivity index (χ1) is 14.9. The second kappa shape index (κ2) is 9.23. The molecule has 2 aromatic carbocycles. The van der Waals surface area contributed by atoms with E-state index < -0.39 is 5.97 Å². The molecule has 0 aliphatic rings. The van der Waals surface area contributed by atoms with Crippen molar-refractivity contribution in [2.75, 3.05) is 17.7 Å². The smallest absolute Gasteiger partial charge is 0.349 e. The highest BCUT2D eigenvalue weighted by atomic mass is 35.5. The van der Waals surface area contributed by atoms with Gasteiger partial charge in [-0.25, -0.2) is 4.79 Å². The van der Waals surface area contributed by atoms with Crippen LogP contribution in [0.1, 0.15) is 15.2 Å². The number of halogens is 2. The number of aromatic nitrogens is 2. The molecule has 2 N–H and O–H groups in total. The molecule has 2 aromatic heterocycles. The molecule has 0 unspecified atom stereocenters. The summed E-state index contributed by atoms with van der Waals surface area (Å²) in [6.45, 7) is 0.598. The Morgan fingerprint density at radius 3 is 2.71 bits per heavy atom. The van der Waals surface area contributed by atoms with Gasteiger partial charge in [-0.2, -0.15) is 5.10 Å². The second-order valence-corrected chi connectivity index (χ2v) is 8.78. The van der Waals surface area contributed by atoms with Crippen LogP contribution in [0, 0.1) is 0 Å². The molecular formula is C21H16Cl2N4O2S2. The van der Waals surface area contributed by atoms with Gasteiger partial charge in [0.1, 0.15) is 9.90 Å². The number of nitrogens with one attached hydrogen (secondary N) is 2. The number of thiophene rings is 1. The molecule has 2 heterocycles. The normalized spacial score (nSPS) is 10.8. The van der Waals surface area contributed by atoms with Gasteiger partial charge in [0.05, 0.1) is 18.7 Å². The fourth-order valence-corrected chi connectivity index (χ4v) is 4.85. The van der Waals surface area contributed by atoms with Crippen molar-refractivity contribution in [3.63, 3.8) is 0 Å². The minimum atomic E-state index is -0.460. The predicted molar refractivity (Wildman–Crippen MR) is 131 cm³/mol. The van der Waals surface area contributed by atoms with Gasteiger partial charge in [0.25, 0.3) is 0 Å². The van der Waals surface area contributed by atoms with Gasteiger partial charge in [0.15, 0.2) is 10.9 Å². The van der Waals surface area contributed by atoms with Crippen molar-refractivity contribution in [3.8, 4) is 0 Å². The monoisotopic (exact) mass is 490 g/mol. The van der Waals surface area contributed by atoms with Crippen LogP contribution in [-0.2, 0) is 11.3 Å². The van der Waals surface area contributed by atoms with E-state index in [9.17, 15) is 4.79 Å². The summed E-state index contributed by atoms with van der Waals surface area (Å²) < 4.78 is 7.36. The van der Waals surface area contributed by atoms with Gasteiger partial charge in [0, 0.05) is 22.0 Å². The van der Waals surface area contributed by atoms with Crippen LogP contribution >= 0.6 is 46.8 Å². The van der Waals surface area contributed by atoms with E-state index in [0.717, 1.165) is 21.3 Å². The number of nitrogens with zero attached hydrogens (tertiary/aromatic N) is 2. The lowest BCUT2D eigenvalue weighted by Crippen LogP contribution is -2.19. The Kier molecular flexibility index (Phi) is 6.43. The maximum absolute atomic E-state index is 11.9. The molecule has 10 heteroatoms. The molecule has 0 spiro atoms. The maximum atomic E-state index is 11.9. The third-order valence-electron chi connectivity index (χ3n) is 4.39. The van der Waals surface area contributed by atoms with E-state index in [1.165, 1.54) is 18.4 Å². The Hall–Kier alpha value is -2.65. The third-order valence-corrected chi connectivity index (χ3v) is 6.51. The number of fused-ring (bicyclic) bond motifs is 1. The lowest BCUT2D eigenvalue weighted by molar-refractivity contribution is 0.0606. The molecule has 0 amide bonds. The van der Waals surface area contributed by atoms with Crippen molar-refractivity contribution in [1.82, 2.24) is 9.78 Å². The highest BCUT2D eigenvalue weighted by Gasteiger charge is 2.18. The van der Waals surface area contributed by atoms with Crippen molar-refractivity contribution in [2.24, 2.45) is 0 Å². The van der Waals surface area contributed by atoms with Crippen LogP contribution in [0.15, 0.2) is 54.7 Å². The second-order valence-electron chi connectivity index (χ2n) is 6.54. The van der Waals surface area contributed by atoms with Crippen molar-refractivity contribution < 1.29 is 9.53 Å². The van der Waals surface area contributed by atoms with Gasteiger partial charge in [-0.3, -0.25) is 4.68 Å². The molecule has 158 valence electrons. The average Bonchev–Trinajstić information content (AvgIpc) is 3.27. The minimum absolute atomic E-state index is 0.335. The fraction of sp³-hybridized carbons (Fsp3) is 0.0952. The number of anilines is 2. The summed E-state index contributed by atoms with van der Waals surface area (Å²) in [5.41, 5.74) is 1.85. The minimum Gasteiger partial charge on any atom is -0.465 e. The van der Waals surface area contributed by atoms with E-state index in [4.69, 9.17) is 40.2 Å². The van der Waals surface area contributed by atoms with Crippen molar-refractivity contribution in [3.05, 3.63) is 75.2 Å². The van der Waals surface area contributed by atoms with Gasteiger partial charge < -0.3 is 15.4 Å². The Labute approximate surface area is 197 Å². The molecule has 0 saturated carbocycles. The van der Waals surface area contributed by atoms with Crippen LogP contribution in [0.3, 0.4) is 0 Å². The molecular weight excluding hydrogens is 475 g/mol. The zero-order chi connectivity index (χ0) is 22.0. The Balaban J connectivity index is 1.46. The van der Waals surface area contributed by atoms with E-state index in [1.807, 2.05) is 48.5 Å². The molecule has 0 atom stereocenters. The number of hydrogen-bond acceptors (Lipinski definition) is 5. The summed E-state index contributed by atoms with van der Waals surface area (Å²) in [5.74, 6) is 0.00180. The summed E-state index contributed by atoms with van der Waals surface area (Å²) >= 11 is 19.3. The molecule has 0 aliphatic heterocycles. The highest BCUT2D eigenvalue weighted by Crippen LogP contribution is 2.37. The van der Waals surface area contributed by atoms with Crippen LogP contribution < -0.4 is 10.6 Å². The summed E-state index contributed by atoms with van der Waals surface area (Å²) in [7, 11) is 1.33. The highest BCUT2D eigenvalue weighted by molar-refractivity contribution is 7.80. The van der Waals surface area contributed by atoms with Gasteiger partial charge >= 0.3 is 5.97 Å². The molecule has 0 bridgehead atoms. The molecule has 4 rings (SSSR count). The number of rotatable bonds is 5. The van der Waals surface area contributed by atoms with Crippen LogP contribution in [0.25, 0.3) is 10.1 Å². The topological polar surface area (TPSA) is 68.2 Å².